The summed E-state index contributed by atoms with van der Waals surface area (Å²) < 4.78 is 23.3. The Morgan fingerprint density at radius 2 is 1.92 bits per heavy atom. The van der Waals surface area contributed by atoms with Gasteiger partial charge in [0, 0.05) is 40.4 Å². The van der Waals surface area contributed by atoms with Gasteiger partial charge in [-0.3, -0.25) is 4.99 Å². The van der Waals surface area contributed by atoms with Crippen molar-refractivity contribution in [2.75, 3.05) is 47.1 Å². The van der Waals surface area contributed by atoms with Crippen LogP contribution in [-0.4, -0.2) is 57.9 Å². The molecule has 1 aromatic carbocycles. The minimum atomic E-state index is -0.213. The number of guanidine groups is 1. The fraction of sp³-hybridized carbons (Fsp3) is 0.611. The van der Waals surface area contributed by atoms with E-state index < -0.39 is 0 Å². The third-order valence-electron chi connectivity index (χ3n) is 3.42. The molecule has 6 heteroatoms. The molecule has 1 N–H and O–H groups in total. The molecule has 24 heavy (non-hydrogen) atoms. The number of methoxy groups -OCH3 is 1. The second kappa shape index (κ2) is 12.7. The van der Waals surface area contributed by atoms with Gasteiger partial charge in [-0.25, -0.2) is 4.39 Å². The molecule has 1 rings (SSSR count). The largest absolute Gasteiger partial charge is 0.382 e. The van der Waals surface area contributed by atoms with Gasteiger partial charge >= 0.3 is 0 Å². The average Bonchev–Trinajstić information content (AvgIpc) is 2.58. The molecule has 0 aliphatic carbocycles. The van der Waals surface area contributed by atoms with E-state index in [1.165, 1.54) is 12.1 Å². The summed E-state index contributed by atoms with van der Waals surface area (Å²) in [6, 6.07) is 6.56. The maximum absolute atomic E-state index is 13.0. The van der Waals surface area contributed by atoms with Gasteiger partial charge < -0.3 is 19.7 Å². The zero-order chi connectivity index (χ0) is 17.6. The monoisotopic (exact) mass is 339 g/mol. The SMILES string of the molecule is CCNC(=NCCCCOCCOC)N(C)Cc1ccc(F)cc1. The summed E-state index contributed by atoms with van der Waals surface area (Å²) in [7, 11) is 3.65. The highest BCUT2D eigenvalue weighted by Gasteiger charge is 2.06. The van der Waals surface area contributed by atoms with E-state index in [1.54, 1.807) is 19.2 Å². The molecule has 0 unspecified atom stereocenters. The van der Waals surface area contributed by atoms with Crippen LogP contribution in [0.15, 0.2) is 29.3 Å². The quantitative estimate of drug-likeness (QED) is 0.382. The molecular formula is C18H30FN3O2. The van der Waals surface area contributed by atoms with Gasteiger partial charge in [-0.2, -0.15) is 0 Å². The molecule has 5 nitrogen and oxygen atoms in total. The predicted molar refractivity (Wildman–Crippen MR) is 95.8 cm³/mol. The molecule has 0 aliphatic rings. The van der Waals surface area contributed by atoms with Crippen LogP contribution in [-0.2, 0) is 16.0 Å². The topological polar surface area (TPSA) is 46.1 Å². The van der Waals surface area contributed by atoms with E-state index in [0.717, 1.165) is 44.1 Å². The highest BCUT2D eigenvalue weighted by atomic mass is 19.1. The highest BCUT2D eigenvalue weighted by molar-refractivity contribution is 5.79. The van der Waals surface area contributed by atoms with Crippen LogP contribution in [0.5, 0.6) is 0 Å². The molecule has 0 fully saturated rings. The van der Waals surface area contributed by atoms with Crippen LogP contribution in [0.2, 0.25) is 0 Å². The summed E-state index contributed by atoms with van der Waals surface area (Å²) in [4.78, 5) is 6.69. The lowest BCUT2D eigenvalue weighted by atomic mass is 10.2. The number of unbranched alkanes of at least 4 members (excludes halogenated alkanes) is 1. The average molecular weight is 339 g/mol. The van der Waals surface area contributed by atoms with Crippen LogP contribution < -0.4 is 5.32 Å². The first kappa shape index (κ1) is 20.4. The Balaban J connectivity index is 2.36. The summed E-state index contributed by atoms with van der Waals surface area (Å²) in [5.41, 5.74) is 1.05. The Morgan fingerprint density at radius 3 is 2.58 bits per heavy atom. The number of halogens is 1. The molecule has 0 heterocycles. The third-order valence-corrected chi connectivity index (χ3v) is 3.42. The fourth-order valence-corrected chi connectivity index (χ4v) is 2.15. The first-order chi connectivity index (χ1) is 11.7. The molecule has 0 saturated carbocycles. The number of aliphatic imine (C=N–C) groups is 1. The van der Waals surface area contributed by atoms with Crippen LogP contribution in [0.1, 0.15) is 25.3 Å². The molecular weight excluding hydrogens is 309 g/mol. The molecule has 1 aromatic rings. The van der Waals surface area contributed by atoms with Gasteiger partial charge in [0.05, 0.1) is 13.2 Å². The smallest absolute Gasteiger partial charge is 0.193 e. The van der Waals surface area contributed by atoms with Gasteiger partial charge in [-0.15, -0.1) is 0 Å². The lowest BCUT2D eigenvalue weighted by molar-refractivity contribution is 0.0690. The molecule has 0 aliphatic heterocycles. The van der Waals surface area contributed by atoms with Gasteiger partial charge in [-0.05, 0) is 37.5 Å². The lowest BCUT2D eigenvalue weighted by Crippen LogP contribution is -2.38. The zero-order valence-electron chi connectivity index (χ0n) is 15.1. The summed E-state index contributed by atoms with van der Waals surface area (Å²) in [6.45, 7) is 6.31. The van der Waals surface area contributed by atoms with Crippen molar-refractivity contribution in [3.05, 3.63) is 35.6 Å². The van der Waals surface area contributed by atoms with Crippen molar-refractivity contribution < 1.29 is 13.9 Å². The third kappa shape index (κ3) is 8.84. The second-order valence-corrected chi connectivity index (χ2v) is 5.53. The number of ether oxygens (including phenoxy) is 2. The first-order valence-electron chi connectivity index (χ1n) is 8.48. The summed E-state index contributed by atoms with van der Waals surface area (Å²) in [5, 5.41) is 3.29. The molecule has 136 valence electrons. The van der Waals surface area contributed by atoms with E-state index in [4.69, 9.17) is 9.47 Å². The number of benzene rings is 1. The number of nitrogens with one attached hydrogen (secondary N) is 1. The standard InChI is InChI=1S/C18H30FN3O2/c1-4-20-18(21-11-5-6-12-24-14-13-23-3)22(2)15-16-7-9-17(19)10-8-16/h7-10H,4-6,11-15H2,1-3H3,(H,20,21). The van der Waals surface area contributed by atoms with Crippen molar-refractivity contribution in [1.29, 1.82) is 0 Å². The van der Waals surface area contributed by atoms with Crippen LogP contribution in [0.4, 0.5) is 4.39 Å². The molecule has 0 radical (unpaired) electrons. The maximum atomic E-state index is 13.0. The Bertz CT molecular complexity index is 466. The van der Waals surface area contributed by atoms with E-state index in [9.17, 15) is 4.39 Å². The van der Waals surface area contributed by atoms with Gasteiger partial charge in [0.2, 0.25) is 0 Å². The van der Waals surface area contributed by atoms with Crippen LogP contribution >= 0.6 is 0 Å². The van der Waals surface area contributed by atoms with Gasteiger partial charge in [0.15, 0.2) is 5.96 Å². The lowest BCUT2D eigenvalue weighted by Gasteiger charge is -2.22. The molecule has 0 bridgehead atoms. The van der Waals surface area contributed by atoms with Gasteiger partial charge in [0.25, 0.3) is 0 Å². The van der Waals surface area contributed by atoms with Gasteiger partial charge in [0.1, 0.15) is 5.82 Å². The van der Waals surface area contributed by atoms with Crippen LogP contribution in [0.3, 0.4) is 0 Å². The molecule has 0 amide bonds. The maximum Gasteiger partial charge on any atom is 0.193 e. The highest BCUT2D eigenvalue weighted by Crippen LogP contribution is 2.06. The Kier molecular flexibility index (Phi) is 10.8. The summed E-state index contributed by atoms with van der Waals surface area (Å²) in [6.07, 6.45) is 1.96. The minimum absolute atomic E-state index is 0.213. The normalized spacial score (nSPS) is 11.6. The van der Waals surface area contributed by atoms with E-state index in [-0.39, 0.29) is 5.82 Å². The van der Waals surface area contributed by atoms with Crippen LogP contribution in [0.25, 0.3) is 0 Å². The summed E-state index contributed by atoms with van der Waals surface area (Å²) >= 11 is 0. The van der Waals surface area contributed by atoms with Crippen molar-refractivity contribution >= 4 is 5.96 Å². The van der Waals surface area contributed by atoms with E-state index >= 15 is 0 Å². The Labute approximate surface area is 144 Å². The number of hydrogen-bond donors (Lipinski definition) is 1. The summed E-state index contributed by atoms with van der Waals surface area (Å²) in [5.74, 6) is 0.650. The van der Waals surface area contributed by atoms with Crippen LogP contribution in [0, 0.1) is 5.82 Å². The van der Waals surface area contributed by atoms with Crippen molar-refractivity contribution in [2.45, 2.75) is 26.3 Å². The number of nitrogens with zero attached hydrogens (tertiary/aromatic N) is 2. The number of hydrogen-bond acceptors (Lipinski definition) is 3. The number of rotatable bonds is 11. The molecule has 0 atom stereocenters. The van der Waals surface area contributed by atoms with E-state index in [2.05, 4.69) is 10.3 Å². The van der Waals surface area contributed by atoms with Gasteiger partial charge in [-0.1, -0.05) is 12.1 Å². The van der Waals surface area contributed by atoms with Crippen molar-refractivity contribution in [2.24, 2.45) is 4.99 Å². The Morgan fingerprint density at radius 1 is 1.17 bits per heavy atom. The molecule has 0 saturated heterocycles. The minimum Gasteiger partial charge on any atom is -0.382 e. The first-order valence-corrected chi connectivity index (χ1v) is 8.48. The Hall–Kier alpha value is -1.66. The zero-order valence-corrected chi connectivity index (χ0v) is 15.1. The van der Waals surface area contributed by atoms with E-state index in [1.807, 2.05) is 18.9 Å². The molecule has 0 spiro atoms. The predicted octanol–water partition coefficient (Wildman–Crippen LogP) is 2.67. The van der Waals surface area contributed by atoms with Crippen molar-refractivity contribution in [3.63, 3.8) is 0 Å². The fourth-order valence-electron chi connectivity index (χ4n) is 2.15. The second-order valence-electron chi connectivity index (χ2n) is 5.53. The van der Waals surface area contributed by atoms with Crippen molar-refractivity contribution in [1.82, 2.24) is 10.2 Å². The molecule has 0 aromatic heterocycles. The van der Waals surface area contributed by atoms with E-state index in [0.29, 0.717) is 19.8 Å². The van der Waals surface area contributed by atoms with Crippen molar-refractivity contribution in [3.8, 4) is 0 Å².